The van der Waals surface area contributed by atoms with E-state index in [1.807, 2.05) is 37.3 Å². The highest BCUT2D eigenvalue weighted by molar-refractivity contribution is 8.18. The van der Waals surface area contributed by atoms with E-state index >= 15 is 0 Å². The minimum absolute atomic E-state index is 0.202. The number of nitrogens with zero attached hydrogens (tertiary/aromatic N) is 1. The summed E-state index contributed by atoms with van der Waals surface area (Å²) in [6, 6.07) is 14.7. The van der Waals surface area contributed by atoms with Crippen molar-refractivity contribution in [1.29, 1.82) is 0 Å². The largest absolute Gasteiger partial charge is 0.490 e. The van der Waals surface area contributed by atoms with Gasteiger partial charge in [-0.1, -0.05) is 24.3 Å². The van der Waals surface area contributed by atoms with E-state index in [4.69, 9.17) is 14.2 Å². The molecule has 0 radical (unpaired) electrons. The van der Waals surface area contributed by atoms with Crippen molar-refractivity contribution < 1.29 is 23.8 Å². The lowest BCUT2D eigenvalue weighted by atomic mass is 10.2. The van der Waals surface area contributed by atoms with Crippen LogP contribution in [0.5, 0.6) is 11.5 Å². The first kappa shape index (κ1) is 21.4. The van der Waals surface area contributed by atoms with Gasteiger partial charge < -0.3 is 19.5 Å². The maximum absolute atomic E-state index is 12.3. The minimum atomic E-state index is -0.449. The number of benzene rings is 2. The lowest BCUT2D eigenvalue weighted by molar-refractivity contribution is -0.145. The monoisotopic (exact) mass is 426 g/mol. The summed E-state index contributed by atoms with van der Waals surface area (Å²) in [7, 11) is 0. The first-order valence-corrected chi connectivity index (χ1v) is 10.3. The summed E-state index contributed by atoms with van der Waals surface area (Å²) in [4.78, 5) is 28.8. The molecule has 0 unspecified atom stereocenters. The van der Waals surface area contributed by atoms with Crippen LogP contribution in [-0.2, 0) is 14.3 Å². The second kappa shape index (κ2) is 10.5. The van der Waals surface area contributed by atoms with Gasteiger partial charge in [0.15, 0.2) is 23.3 Å². The summed E-state index contributed by atoms with van der Waals surface area (Å²) < 4.78 is 16.0. The molecule has 0 bridgehead atoms. The van der Waals surface area contributed by atoms with E-state index in [9.17, 15) is 9.59 Å². The molecular weight excluding hydrogens is 404 g/mol. The number of thioether (sulfide) groups is 1. The highest BCUT2D eigenvalue weighted by Gasteiger charge is 2.24. The van der Waals surface area contributed by atoms with Crippen molar-refractivity contribution in [1.82, 2.24) is 5.32 Å². The fraction of sp³-hybridized carbons (Fsp3) is 0.227. The smallest absolute Gasteiger partial charge is 0.344 e. The van der Waals surface area contributed by atoms with Gasteiger partial charge in [0.05, 0.1) is 23.8 Å². The molecule has 0 aliphatic carbocycles. The summed E-state index contributed by atoms with van der Waals surface area (Å²) in [6.07, 6.45) is 1.76. The molecule has 2 aromatic carbocycles. The number of rotatable bonds is 8. The van der Waals surface area contributed by atoms with Gasteiger partial charge in [0.2, 0.25) is 0 Å². The Labute approximate surface area is 179 Å². The van der Waals surface area contributed by atoms with Crippen LogP contribution in [0.1, 0.15) is 19.4 Å². The van der Waals surface area contributed by atoms with Gasteiger partial charge in [0.1, 0.15) is 0 Å². The van der Waals surface area contributed by atoms with Crippen LogP contribution >= 0.6 is 11.8 Å². The topological polar surface area (TPSA) is 86.2 Å². The molecule has 3 rings (SSSR count). The van der Waals surface area contributed by atoms with Gasteiger partial charge >= 0.3 is 5.97 Å². The maximum atomic E-state index is 12.3. The number of hydrogen-bond donors (Lipinski definition) is 1. The molecule has 2 aromatic rings. The van der Waals surface area contributed by atoms with E-state index in [2.05, 4.69) is 10.3 Å². The zero-order valence-corrected chi connectivity index (χ0v) is 17.5. The maximum Gasteiger partial charge on any atom is 0.344 e. The van der Waals surface area contributed by atoms with Crippen molar-refractivity contribution in [2.45, 2.75) is 13.8 Å². The van der Waals surface area contributed by atoms with Crippen LogP contribution in [0.25, 0.3) is 6.08 Å². The summed E-state index contributed by atoms with van der Waals surface area (Å²) >= 11 is 1.27. The Bertz CT molecular complexity index is 973. The standard InChI is InChI=1S/C22H22N2O5S/c1-3-27-18-12-15(10-11-17(18)29-14-20(25)28-4-2)13-19-21(26)24-22(30-19)23-16-8-6-5-7-9-16/h5-13H,3-4,14H2,1-2H3,(H,23,24,26)/b19-13+. The molecule has 1 heterocycles. The zero-order chi connectivity index (χ0) is 21.3. The number of carbonyl (C=O) groups excluding carboxylic acids is 2. The van der Waals surface area contributed by atoms with Gasteiger partial charge in [-0.25, -0.2) is 9.79 Å². The molecule has 1 aliphatic heterocycles. The van der Waals surface area contributed by atoms with E-state index in [0.29, 0.717) is 34.8 Å². The van der Waals surface area contributed by atoms with Gasteiger partial charge in [-0.2, -0.15) is 0 Å². The number of para-hydroxylation sites is 1. The molecule has 0 spiro atoms. The van der Waals surface area contributed by atoms with Gasteiger partial charge in [-0.05, 0) is 61.5 Å². The fourth-order valence-corrected chi connectivity index (χ4v) is 3.43. The number of esters is 1. The highest BCUT2D eigenvalue weighted by Crippen LogP contribution is 2.32. The average Bonchev–Trinajstić information content (AvgIpc) is 3.07. The summed E-state index contributed by atoms with van der Waals surface area (Å²) in [5, 5.41) is 3.29. The predicted octanol–water partition coefficient (Wildman–Crippen LogP) is 3.92. The van der Waals surface area contributed by atoms with Crippen LogP contribution < -0.4 is 14.8 Å². The van der Waals surface area contributed by atoms with Crippen molar-refractivity contribution >= 4 is 40.6 Å². The molecule has 7 nitrogen and oxygen atoms in total. The average molecular weight is 426 g/mol. The molecule has 8 heteroatoms. The molecule has 1 aliphatic rings. The molecule has 1 saturated heterocycles. The SMILES string of the molecule is CCOC(=O)COc1ccc(/C=C2/SC(=Nc3ccccc3)NC2=O)cc1OCC. The van der Waals surface area contributed by atoms with Gasteiger partial charge in [0, 0.05) is 0 Å². The number of nitrogens with one attached hydrogen (secondary N) is 1. The zero-order valence-electron chi connectivity index (χ0n) is 16.7. The van der Waals surface area contributed by atoms with E-state index in [0.717, 1.165) is 11.3 Å². The number of amidine groups is 1. The van der Waals surface area contributed by atoms with Crippen LogP contribution in [0.2, 0.25) is 0 Å². The molecule has 1 fully saturated rings. The minimum Gasteiger partial charge on any atom is -0.490 e. The molecular formula is C22H22N2O5S. The van der Waals surface area contributed by atoms with Crippen molar-refractivity contribution in [2.24, 2.45) is 4.99 Å². The van der Waals surface area contributed by atoms with Crippen molar-refractivity contribution in [2.75, 3.05) is 19.8 Å². The van der Waals surface area contributed by atoms with Crippen molar-refractivity contribution in [3.05, 3.63) is 59.0 Å². The molecule has 0 saturated carbocycles. The Morgan fingerprint density at radius 1 is 1.07 bits per heavy atom. The molecule has 0 aromatic heterocycles. The van der Waals surface area contributed by atoms with E-state index in [-0.39, 0.29) is 12.5 Å². The number of amides is 1. The van der Waals surface area contributed by atoms with Gasteiger partial charge in [0.25, 0.3) is 5.91 Å². The number of ether oxygens (including phenoxy) is 3. The Morgan fingerprint density at radius 3 is 2.60 bits per heavy atom. The second-order valence-corrected chi connectivity index (χ2v) is 7.08. The van der Waals surface area contributed by atoms with Crippen LogP contribution in [-0.4, -0.2) is 36.9 Å². The predicted molar refractivity (Wildman–Crippen MR) is 117 cm³/mol. The van der Waals surface area contributed by atoms with Crippen LogP contribution in [0.4, 0.5) is 5.69 Å². The van der Waals surface area contributed by atoms with E-state index in [1.54, 1.807) is 31.2 Å². The third-order valence-corrected chi connectivity index (χ3v) is 4.76. The van der Waals surface area contributed by atoms with E-state index < -0.39 is 5.97 Å². The summed E-state index contributed by atoms with van der Waals surface area (Å²) in [5.41, 5.74) is 1.53. The van der Waals surface area contributed by atoms with Crippen molar-refractivity contribution in [3.8, 4) is 11.5 Å². The first-order chi connectivity index (χ1) is 14.6. The third kappa shape index (κ3) is 5.87. The Morgan fingerprint density at radius 2 is 1.87 bits per heavy atom. The number of aliphatic imine (C=N–C) groups is 1. The van der Waals surface area contributed by atoms with Crippen LogP contribution in [0.3, 0.4) is 0 Å². The lowest BCUT2D eigenvalue weighted by Crippen LogP contribution is -2.19. The molecule has 1 N–H and O–H groups in total. The summed E-state index contributed by atoms with van der Waals surface area (Å²) in [6.45, 7) is 4.11. The van der Waals surface area contributed by atoms with Crippen LogP contribution in [0.15, 0.2) is 58.4 Å². The van der Waals surface area contributed by atoms with Gasteiger partial charge in [-0.3, -0.25) is 4.79 Å². The highest BCUT2D eigenvalue weighted by atomic mass is 32.2. The quantitative estimate of drug-likeness (QED) is 0.509. The third-order valence-electron chi connectivity index (χ3n) is 3.85. The molecule has 30 heavy (non-hydrogen) atoms. The van der Waals surface area contributed by atoms with E-state index in [1.165, 1.54) is 11.8 Å². The Kier molecular flexibility index (Phi) is 7.51. The Balaban J connectivity index is 1.76. The normalized spacial score (nSPS) is 15.9. The first-order valence-electron chi connectivity index (χ1n) is 9.49. The number of carbonyl (C=O) groups is 2. The fourth-order valence-electron chi connectivity index (χ4n) is 2.59. The molecule has 156 valence electrons. The molecule has 1 amide bonds. The van der Waals surface area contributed by atoms with Gasteiger partial charge in [-0.15, -0.1) is 0 Å². The lowest BCUT2D eigenvalue weighted by Gasteiger charge is -2.12. The molecule has 0 atom stereocenters. The van der Waals surface area contributed by atoms with Crippen molar-refractivity contribution in [3.63, 3.8) is 0 Å². The second-order valence-electron chi connectivity index (χ2n) is 6.05. The summed E-state index contributed by atoms with van der Waals surface area (Å²) in [5.74, 6) is 0.255. The number of hydrogen-bond acceptors (Lipinski definition) is 7. The van der Waals surface area contributed by atoms with Crippen LogP contribution in [0, 0.1) is 0 Å². The Hall–Kier alpha value is -3.26.